The van der Waals surface area contributed by atoms with Gasteiger partial charge in [0, 0.05) is 6.04 Å². The number of piperazine rings is 1. The van der Waals surface area contributed by atoms with E-state index in [1.807, 2.05) is 6.92 Å². The van der Waals surface area contributed by atoms with Crippen LogP contribution in [-0.2, 0) is 19.4 Å². The average molecular weight is 274 g/mol. The second-order valence-electron chi connectivity index (χ2n) is 4.90. The van der Waals surface area contributed by atoms with Crippen LogP contribution in [0.1, 0.15) is 26.2 Å². The highest BCUT2D eigenvalue weighted by Gasteiger charge is 2.38. The summed E-state index contributed by atoms with van der Waals surface area (Å²) in [5.74, 6) is -0.180. The molecule has 1 N–H and O–H groups in total. The van der Waals surface area contributed by atoms with Crippen molar-refractivity contribution in [2.75, 3.05) is 18.1 Å². The van der Waals surface area contributed by atoms with Crippen molar-refractivity contribution in [1.82, 2.24) is 10.2 Å². The van der Waals surface area contributed by atoms with Crippen LogP contribution in [0.15, 0.2) is 0 Å². The third-order valence-corrected chi connectivity index (χ3v) is 5.32. The molecule has 0 saturated carbocycles. The molecular formula is C11H18N2O4S. The van der Waals surface area contributed by atoms with Gasteiger partial charge in [-0.3, -0.25) is 9.59 Å². The molecule has 2 atom stereocenters. The lowest BCUT2D eigenvalue weighted by Gasteiger charge is -2.39. The lowest BCUT2D eigenvalue weighted by atomic mass is 10.1. The highest BCUT2D eigenvalue weighted by Crippen LogP contribution is 2.20. The van der Waals surface area contributed by atoms with Crippen molar-refractivity contribution in [2.24, 2.45) is 0 Å². The van der Waals surface area contributed by atoms with Crippen LogP contribution in [0.4, 0.5) is 0 Å². The molecule has 0 aromatic carbocycles. The third-order valence-electron chi connectivity index (χ3n) is 3.52. The van der Waals surface area contributed by atoms with Crippen molar-refractivity contribution >= 4 is 21.7 Å². The Morgan fingerprint density at radius 3 is 2.72 bits per heavy atom. The van der Waals surface area contributed by atoms with Gasteiger partial charge in [-0.2, -0.15) is 0 Å². The standard InChI is InChI=1S/C11H18N2O4S/c1-2-9-11(15)13(6-10(14)12-9)8-4-3-5-18(16,17)7-8/h8-9H,2-7H2,1H3,(H,12,14). The first kappa shape index (κ1) is 13.3. The van der Waals surface area contributed by atoms with Crippen LogP contribution in [0.3, 0.4) is 0 Å². The van der Waals surface area contributed by atoms with E-state index in [0.29, 0.717) is 19.3 Å². The van der Waals surface area contributed by atoms with Gasteiger partial charge in [-0.15, -0.1) is 0 Å². The summed E-state index contributed by atoms with van der Waals surface area (Å²) in [5, 5.41) is 2.63. The Kier molecular flexibility index (Phi) is 3.61. The second-order valence-corrected chi connectivity index (χ2v) is 7.13. The lowest BCUT2D eigenvalue weighted by molar-refractivity contribution is -0.146. The number of hydrogen-bond donors (Lipinski definition) is 1. The lowest BCUT2D eigenvalue weighted by Crippen LogP contribution is -2.62. The van der Waals surface area contributed by atoms with E-state index < -0.39 is 15.9 Å². The zero-order chi connectivity index (χ0) is 13.3. The monoisotopic (exact) mass is 274 g/mol. The predicted molar refractivity (Wildman–Crippen MR) is 65.6 cm³/mol. The minimum Gasteiger partial charge on any atom is -0.343 e. The molecule has 2 unspecified atom stereocenters. The number of nitrogens with zero attached hydrogens (tertiary/aromatic N) is 1. The Morgan fingerprint density at radius 1 is 1.39 bits per heavy atom. The zero-order valence-corrected chi connectivity index (χ0v) is 11.2. The maximum atomic E-state index is 12.1. The first-order valence-corrected chi connectivity index (χ1v) is 8.05. The largest absolute Gasteiger partial charge is 0.343 e. The summed E-state index contributed by atoms with van der Waals surface area (Å²) < 4.78 is 23.2. The molecule has 2 amide bonds. The maximum Gasteiger partial charge on any atom is 0.245 e. The normalized spacial score (nSPS) is 32.2. The number of amides is 2. The molecule has 2 saturated heterocycles. The van der Waals surface area contributed by atoms with Gasteiger partial charge >= 0.3 is 0 Å². The first-order valence-electron chi connectivity index (χ1n) is 6.23. The molecule has 0 spiro atoms. The van der Waals surface area contributed by atoms with E-state index in [-0.39, 0.29) is 35.9 Å². The molecule has 2 rings (SSSR count). The minimum absolute atomic E-state index is 0.0115. The van der Waals surface area contributed by atoms with Crippen LogP contribution in [0.5, 0.6) is 0 Å². The molecular weight excluding hydrogens is 256 g/mol. The highest BCUT2D eigenvalue weighted by atomic mass is 32.2. The molecule has 2 aliphatic rings. The van der Waals surface area contributed by atoms with Crippen LogP contribution < -0.4 is 5.32 Å². The molecule has 0 aromatic rings. The number of carbonyl (C=O) groups excluding carboxylic acids is 2. The van der Waals surface area contributed by atoms with Crippen molar-refractivity contribution in [3.8, 4) is 0 Å². The van der Waals surface area contributed by atoms with Crippen molar-refractivity contribution in [3.05, 3.63) is 0 Å². The van der Waals surface area contributed by atoms with Crippen LogP contribution in [-0.4, -0.2) is 55.3 Å². The summed E-state index contributed by atoms with van der Waals surface area (Å²) >= 11 is 0. The van der Waals surface area contributed by atoms with E-state index in [0.717, 1.165) is 0 Å². The molecule has 0 aromatic heterocycles. The van der Waals surface area contributed by atoms with E-state index in [2.05, 4.69) is 5.32 Å². The highest BCUT2D eigenvalue weighted by molar-refractivity contribution is 7.91. The van der Waals surface area contributed by atoms with Gasteiger partial charge in [0.1, 0.15) is 6.04 Å². The fourth-order valence-corrected chi connectivity index (χ4v) is 4.27. The fraction of sp³-hybridized carbons (Fsp3) is 0.818. The van der Waals surface area contributed by atoms with Gasteiger partial charge in [0.15, 0.2) is 9.84 Å². The molecule has 0 radical (unpaired) electrons. The number of carbonyl (C=O) groups is 2. The Bertz CT molecular complexity index is 460. The summed E-state index contributed by atoms with van der Waals surface area (Å²) in [6.45, 7) is 1.81. The van der Waals surface area contributed by atoms with Gasteiger partial charge in [-0.05, 0) is 19.3 Å². The van der Waals surface area contributed by atoms with Crippen LogP contribution >= 0.6 is 0 Å². The third kappa shape index (κ3) is 2.66. The summed E-state index contributed by atoms with van der Waals surface area (Å²) in [6, 6.07) is -0.841. The molecule has 6 nitrogen and oxygen atoms in total. The SMILES string of the molecule is CCC1NC(=O)CN(C2CCCS(=O)(=O)C2)C1=O. The smallest absolute Gasteiger partial charge is 0.245 e. The van der Waals surface area contributed by atoms with Crippen molar-refractivity contribution < 1.29 is 18.0 Å². The molecule has 2 aliphatic heterocycles. The Balaban J connectivity index is 2.16. The van der Waals surface area contributed by atoms with Crippen molar-refractivity contribution in [2.45, 2.75) is 38.3 Å². The molecule has 102 valence electrons. The van der Waals surface area contributed by atoms with E-state index in [1.165, 1.54) is 4.90 Å². The molecule has 0 aliphatic carbocycles. The van der Waals surface area contributed by atoms with Crippen LogP contribution in [0, 0.1) is 0 Å². The molecule has 2 fully saturated rings. The molecule has 18 heavy (non-hydrogen) atoms. The Hall–Kier alpha value is -1.11. The van der Waals surface area contributed by atoms with Gasteiger partial charge in [-0.1, -0.05) is 6.92 Å². The van der Waals surface area contributed by atoms with E-state index >= 15 is 0 Å². The van der Waals surface area contributed by atoms with Crippen LogP contribution in [0.2, 0.25) is 0 Å². The summed E-state index contributed by atoms with van der Waals surface area (Å²) in [7, 11) is -3.07. The van der Waals surface area contributed by atoms with Gasteiger partial charge in [0.2, 0.25) is 11.8 Å². The number of rotatable bonds is 2. The predicted octanol–water partition coefficient (Wildman–Crippen LogP) is -0.699. The maximum absolute atomic E-state index is 12.1. The van der Waals surface area contributed by atoms with Crippen molar-refractivity contribution in [1.29, 1.82) is 0 Å². The summed E-state index contributed by atoms with van der Waals surface area (Å²) in [6.07, 6.45) is 1.75. The minimum atomic E-state index is -3.07. The van der Waals surface area contributed by atoms with E-state index in [4.69, 9.17) is 0 Å². The molecule has 2 heterocycles. The fourth-order valence-electron chi connectivity index (χ4n) is 2.56. The van der Waals surface area contributed by atoms with Crippen LogP contribution in [0.25, 0.3) is 0 Å². The molecule has 7 heteroatoms. The Labute approximate surface area is 107 Å². The summed E-state index contributed by atoms with van der Waals surface area (Å²) in [5.41, 5.74) is 0. The number of sulfone groups is 1. The Morgan fingerprint density at radius 2 is 2.11 bits per heavy atom. The van der Waals surface area contributed by atoms with Gasteiger partial charge in [0.25, 0.3) is 0 Å². The number of nitrogens with one attached hydrogen (secondary N) is 1. The first-order chi connectivity index (χ1) is 8.43. The average Bonchev–Trinajstić information content (AvgIpc) is 2.30. The second kappa shape index (κ2) is 4.87. The van der Waals surface area contributed by atoms with E-state index in [9.17, 15) is 18.0 Å². The number of hydrogen-bond acceptors (Lipinski definition) is 4. The van der Waals surface area contributed by atoms with Gasteiger partial charge in [0.05, 0.1) is 18.1 Å². The summed E-state index contributed by atoms with van der Waals surface area (Å²) in [4.78, 5) is 25.1. The van der Waals surface area contributed by atoms with Gasteiger partial charge in [-0.25, -0.2) is 8.42 Å². The zero-order valence-electron chi connectivity index (χ0n) is 10.4. The topological polar surface area (TPSA) is 83.6 Å². The van der Waals surface area contributed by atoms with E-state index in [1.54, 1.807) is 0 Å². The molecule has 0 bridgehead atoms. The van der Waals surface area contributed by atoms with Crippen molar-refractivity contribution in [3.63, 3.8) is 0 Å². The quantitative estimate of drug-likeness (QED) is 0.722. The van der Waals surface area contributed by atoms with Gasteiger partial charge < -0.3 is 10.2 Å².